The van der Waals surface area contributed by atoms with Crippen LogP contribution in [-0.2, 0) is 9.47 Å². The van der Waals surface area contributed by atoms with Crippen molar-refractivity contribution >= 4 is 57.4 Å². The molecule has 1 heterocycles. The van der Waals surface area contributed by atoms with Gasteiger partial charge in [-0.25, -0.2) is 9.59 Å². The maximum absolute atomic E-state index is 13.0. The predicted molar refractivity (Wildman–Crippen MR) is 135 cm³/mol. The predicted octanol–water partition coefficient (Wildman–Crippen LogP) is 5.57. The van der Waals surface area contributed by atoms with E-state index in [1.165, 1.54) is 12.1 Å². The van der Waals surface area contributed by atoms with Crippen molar-refractivity contribution in [1.29, 1.82) is 0 Å². The maximum Gasteiger partial charge on any atom is 0.341 e. The number of carbonyl (C=O) groups is 4. The van der Waals surface area contributed by atoms with Crippen LogP contribution in [0.5, 0.6) is 0 Å². The lowest BCUT2D eigenvalue weighted by atomic mass is 10.1. The SMILES string of the molecule is CCOC(=O)c1ccc(NC(=O)c2sc(NC(=O)c3ccc(Cl)cc3)c(C(=O)OCC)c2C)cc1. The van der Waals surface area contributed by atoms with Crippen molar-refractivity contribution in [2.45, 2.75) is 20.8 Å². The summed E-state index contributed by atoms with van der Waals surface area (Å²) >= 11 is 6.85. The largest absolute Gasteiger partial charge is 0.462 e. The van der Waals surface area contributed by atoms with Crippen molar-refractivity contribution in [3.05, 3.63) is 80.7 Å². The second kappa shape index (κ2) is 11.6. The number of hydrogen-bond donors (Lipinski definition) is 2. The summed E-state index contributed by atoms with van der Waals surface area (Å²) in [5.74, 6) is -2.05. The van der Waals surface area contributed by atoms with Gasteiger partial charge in [0.2, 0.25) is 0 Å². The van der Waals surface area contributed by atoms with Crippen LogP contribution in [0.15, 0.2) is 48.5 Å². The van der Waals surface area contributed by atoms with E-state index in [-0.39, 0.29) is 28.7 Å². The van der Waals surface area contributed by atoms with Crippen LogP contribution in [0, 0.1) is 6.92 Å². The number of rotatable bonds is 8. The third-order valence-corrected chi connectivity index (χ3v) is 6.28. The van der Waals surface area contributed by atoms with E-state index in [0.717, 1.165) is 11.3 Å². The van der Waals surface area contributed by atoms with Gasteiger partial charge in [-0.2, -0.15) is 0 Å². The van der Waals surface area contributed by atoms with Gasteiger partial charge in [-0.3, -0.25) is 9.59 Å². The molecule has 3 aromatic rings. The van der Waals surface area contributed by atoms with Gasteiger partial charge in [0.1, 0.15) is 5.00 Å². The Morgan fingerprint density at radius 3 is 1.97 bits per heavy atom. The maximum atomic E-state index is 13.0. The second-order valence-corrected chi connectivity index (χ2v) is 8.65. The van der Waals surface area contributed by atoms with Gasteiger partial charge in [-0.15, -0.1) is 11.3 Å². The summed E-state index contributed by atoms with van der Waals surface area (Å²) in [6.07, 6.45) is 0. The Labute approximate surface area is 211 Å². The lowest BCUT2D eigenvalue weighted by molar-refractivity contribution is 0.0517. The van der Waals surface area contributed by atoms with E-state index in [0.29, 0.717) is 27.4 Å². The van der Waals surface area contributed by atoms with E-state index < -0.39 is 23.8 Å². The highest BCUT2D eigenvalue weighted by Gasteiger charge is 2.27. The molecule has 182 valence electrons. The third kappa shape index (κ3) is 6.26. The first-order valence-corrected chi connectivity index (χ1v) is 11.9. The molecule has 0 bridgehead atoms. The van der Waals surface area contributed by atoms with Crippen LogP contribution in [0.2, 0.25) is 5.02 Å². The van der Waals surface area contributed by atoms with Crippen molar-refractivity contribution in [3.8, 4) is 0 Å². The molecule has 0 radical (unpaired) electrons. The fourth-order valence-corrected chi connectivity index (χ4v) is 4.35. The minimum atomic E-state index is -0.648. The van der Waals surface area contributed by atoms with Gasteiger partial charge < -0.3 is 20.1 Å². The fraction of sp³-hybridized carbons (Fsp3) is 0.200. The van der Waals surface area contributed by atoms with Crippen LogP contribution >= 0.6 is 22.9 Å². The summed E-state index contributed by atoms with van der Waals surface area (Å²) in [5, 5.41) is 6.12. The zero-order chi connectivity index (χ0) is 25.5. The molecule has 1 aromatic heterocycles. The second-order valence-electron chi connectivity index (χ2n) is 7.19. The van der Waals surface area contributed by atoms with Crippen LogP contribution in [-0.4, -0.2) is 37.0 Å². The Hall–Kier alpha value is -3.69. The monoisotopic (exact) mass is 514 g/mol. The third-order valence-electron chi connectivity index (χ3n) is 4.82. The van der Waals surface area contributed by atoms with Gasteiger partial charge >= 0.3 is 11.9 Å². The number of amides is 2. The first-order valence-electron chi connectivity index (χ1n) is 10.7. The summed E-state index contributed by atoms with van der Waals surface area (Å²) in [7, 11) is 0. The molecule has 35 heavy (non-hydrogen) atoms. The summed E-state index contributed by atoms with van der Waals surface area (Å²) in [6.45, 7) is 5.38. The Morgan fingerprint density at radius 1 is 0.800 bits per heavy atom. The summed E-state index contributed by atoms with van der Waals surface area (Å²) in [5.41, 5.74) is 1.62. The van der Waals surface area contributed by atoms with Crippen molar-refractivity contribution in [2.75, 3.05) is 23.8 Å². The number of esters is 2. The summed E-state index contributed by atoms with van der Waals surface area (Å²) in [4.78, 5) is 50.4. The van der Waals surface area contributed by atoms with Crippen molar-refractivity contribution in [1.82, 2.24) is 0 Å². The van der Waals surface area contributed by atoms with Crippen molar-refractivity contribution in [3.63, 3.8) is 0 Å². The molecule has 0 aliphatic heterocycles. The molecule has 0 atom stereocenters. The molecular formula is C25H23ClN2O6S. The average Bonchev–Trinajstić information content (AvgIpc) is 3.16. The molecule has 0 saturated heterocycles. The van der Waals surface area contributed by atoms with Crippen LogP contribution in [0.3, 0.4) is 0 Å². The Morgan fingerprint density at radius 2 is 1.37 bits per heavy atom. The topological polar surface area (TPSA) is 111 Å². The van der Waals surface area contributed by atoms with Crippen molar-refractivity contribution < 1.29 is 28.7 Å². The molecule has 2 amide bonds. The molecule has 0 unspecified atom stereocenters. The zero-order valence-electron chi connectivity index (χ0n) is 19.3. The lowest BCUT2D eigenvalue weighted by Crippen LogP contribution is -2.15. The molecular weight excluding hydrogens is 492 g/mol. The number of thiophene rings is 1. The van der Waals surface area contributed by atoms with Gasteiger partial charge in [0, 0.05) is 16.3 Å². The summed E-state index contributed by atoms with van der Waals surface area (Å²) in [6, 6.07) is 12.5. The number of halogens is 1. The zero-order valence-corrected chi connectivity index (χ0v) is 20.8. The average molecular weight is 515 g/mol. The number of carbonyl (C=O) groups excluding carboxylic acids is 4. The Kier molecular flexibility index (Phi) is 8.62. The van der Waals surface area contributed by atoms with E-state index >= 15 is 0 Å². The van der Waals surface area contributed by atoms with Gasteiger partial charge in [-0.05, 0) is 74.9 Å². The molecule has 8 nitrogen and oxygen atoms in total. The normalized spacial score (nSPS) is 10.4. The highest BCUT2D eigenvalue weighted by Crippen LogP contribution is 2.35. The molecule has 0 spiro atoms. The lowest BCUT2D eigenvalue weighted by Gasteiger charge is -2.07. The standard InChI is InChI=1S/C25H23ClN2O6S/c1-4-33-24(31)16-8-12-18(13-9-16)27-22(30)20-14(3)19(25(32)34-5-2)23(35-20)28-21(29)15-6-10-17(26)11-7-15/h6-13H,4-5H2,1-3H3,(H,27,30)(H,28,29). The number of benzene rings is 2. The number of ether oxygens (including phenoxy) is 2. The molecule has 3 rings (SSSR count). The molecule has 10 heteroatoms. The Bertz CT molecular complexity index is 1250. The van der Waals surface area contributed by atoms with E-state index in [4.69, 9.17) is 21.1 Å². The van der Waals surface area contributed by atoms with Gasteiger partial charge in [0.05, 0.1) is 29.2 Å². The molecule has 0 aliphatic rings. The molecule has 0 saturated carbocycles. The minimum Gasteiger partial charge on any atom is -0.462 e. The van der Waals surface area contributed by atoms with Gasteiger partial charge in [0.15, 0.2) is 0 Å². The van der Waals surface area contributed by atoms with E-state index in [9.17, 15) is 19.2 Å². The molecule has 2 aromatic carbocycles. The van der Waals surface area contributed by atoms with E-state index in [1.54, 1.807) is 57.2 Å². The smallest absolute Gasteiger partial charge is 0.341 e. The minimum absolute atomic E-state index is 0.113. The molecule has 2 N–H and O–H groups in total. The fourth-order valence-electron chi connectivity index (χ4n) is 3.14. The highest BCUT2D eigenvalue weighted by molar-refractivity contribution is 7.19. The van der Waals surface area contributed by atoms with Gasteiger partial charge in [0.25, 0.3) is 11.8 Å². The van der Waals surface area contributed by atoms with E-state index in [1.807, 2.05) is 0 Å². The first-order chi connectivity index (χ1) is 16.7. The number of nitrogens with one attached hydrogen (secondary N) is 2. The quantitative estimate of drug-likeness (QED) is 0.380. The highest BCUT2D eigenvalue weighted by atomic mass is 35.5. The first kappa shape index (κ1) is 25.9. The molecule has 0 fully saturated rings. The van der Waals surface area contributed by atoms with Crippen molar-refractivity contribution in [2.24, 2.45) is 0 Å². The Balaban J connectivity index is 1.86. The van der Waals surface area contributed by atoms with Crippen LogP contribution in [0.4, 0.5) is 10.7 Å². The summed E-state index contributed by atoms with van der Waals surface area (Å²) < 4.78 is 10.1. The van der Waals surface area contributed by atoms with Crippen LogP contribution in [0.25, 0.3) is 0 Å². The van der Waals surface area contributed by atoms with Crippen LogP contribution in [0.1, 0.15) is 60.2 Å². The van der Waals surface area contributed by atoms with Gasteiger partial charge in [-0.1, -0.05) is 11.6 Å². The molecule has 0 aliphatic carbocycles. The number of anilines is 2. The number of hydrogen-bond acceptors (Lipinski definition) is 7. The van der Waals surface area contributed by atoms with Crippen LogP contribution < -0.4 is 10.6 Å². The van der Waals surface area contributed by atoms with E-state index in [2.05, 4.69) is 10.6 Å².